The zero-order chi connectivity index (χ0) is 21.1. The van der Waals surface area contributed by atoms with Crippen LogP contribution in [0.2, 0.25) is 0 Å². The highest BCUT2D eigenvalue weighted by molar-refractivity contribution is 5.84. The molecule has 0 aromatic rings. The number of amides is 1. The Balaban J connectivity index is 5.05. The topological polar surface area (TPSA) is 20.3 Å². The van der Waals surface area contributed by atoms with Crippen LogP contribution in [0.4, 0.5) is 30.7 Å². The van der Waals surface area contributed by atoms with Gasteiger partial charge in [-0.2, -0.15) is 30.7 Å². The Morgan fingerprint density at radius 3 is 1.37 bits per heavy atom. The van der Waals surface area contributed by atoms with Crippen LogP contribution >= 0.6 is 0 Å². The Kier molecular flexibility index (Phi) is 11.3. The fraction of sp³-hybridized carbons (Fsp3) is 0.944. The molecule has 1 amide bonds. The number of hydrogen-bond donors (Lipinski definition) is 0. The molecule has 9 heteroatoms. The molecule has 0 bridgehead atoms. The fourth-order valence-electron chi connectivity index (χ4n) is 2.64. The summed E-state index contributed by atoms with van der Waals surface area (Å²) < 4.78 is 90.8. The largest absolute Gasteiger partial charge is 0.460 e. The van der Waals surface area contributed by atoms with Crippen LogP contribution in [0.25, 0.3) is 0 Å². The molecule has 0 aromatic carbocycles. The van der Waals surface area contributed by atoms with E-state index in [1.165, 1.54) is 0 Å². The number of nitrogens with zero attached hydrogens (tertiary/aromatic N) is 1. The van der Waals surface area contributed by atoms with Crippen molar-refractivity contribution >= 4 is 5.91 Å². The highest BCUT2D eigenvalue weighted by Crippen LogP contribution is 2.47. The van der Waals surface area contributed by atoms with E-state index in [4.69, 9.17) is 0 Å². The van der Waals surface area contributed by atoms with Gasteiger partial charge in [-0.05, 0) is 12.8 Å². The van der Waals surface area contributed by atoms with E-state index < -0.39 is 23.9 Å². The van der Waals surface area contributed by atoms with Gasteiger partial charge in [0, 0.05) is 13.1 Å². The lowest BCUT2D eigenvalue weighted by molar-refractivity contribution is -0.345. The quantitative estimate of drug-likeness (QED) is 0.234. The molecule has 0 atom stereocenters. The predicted octanol–water partition coefficient (Wildman–Crippen LogP) is 6.59. The van der Waals surface area contributed by atoms with Gasteiger partial charge < -0.3 is 4.90 Å². The SMILES string of the molecule is CCCCCCCN(CCCCCCC)C(=O)C(F)(F)C(F)(F)C(F)(F)F. The first-order valence-electron chi connectivity index (χ1n) is 9.55. The second kappa shape index (κ2) is 11.7. The van der Waals surface area contributed by atoms with E-state index in [1.54, 1.807) is 0 Å². The van der Waals surface area contributed by atoms with Crippen molar-refractivity contribution in [3.05, 3.63) is 0 Å². The summed E-state index contributed by atoms with van der Waals surface area (Å²) in [6.07, 6.45) is 0.465. The summed E-state index contributed by atoms with van der Waals surface area (Å²) in [6.45, 7) is 3.43. The molecule has 0 radical (unpaired) electrons. The molecule has 0 saturated heterocycles. The number of unbranched alkanes of at least 4 members (excludes halogenated alkanes) is 8. The minimum absolute atomic E-state index is 0.250. The summed E-state index contributed by atoms with van der Waals surface area (Å²) >= 11 is 0. The van der Waals surface area contributed by atoms with Crippen LogP contribution in [0.1, 0.15) is 78.1 Å². The second-order valence-electron chi connectivity index (χ2n) is 6.77. The monoisotopic (exact) mass is 409 g/mol. The number of alkyl halides is 7. The zero-order valence-electron chi connectivity index (χ0n) is 16.0. The molecular weight excluding hydrogens is 379 g/mol. The van der Waals surface area contributed by atoms with Crippen LogP contribution in [-0.4, -0.2) is 41.9 Å². The van der Waals surface area contributed by atoms with Crippen molar-refractivity contribution in [1.29, 1.82) is 0 Å². The van der Waals surface area contributed by atoms with Crippen LogP contribution < -0.4 is 0 Å². The third kappa shape index (κ3) is 7.86. The lowest BCUT2D eigenvalue weighted by Gasteiger charge is -2.32. The summed E-state index contributed by atoms with van der Waals surface area (Å²) in [7, 11) is 0. The van der Waals surface area contributed by atoms with E-state index in [1.807, 2.05) is 13.8 Å². The Morgan fingerprint density at radius 2 is 1.04 bits per heavy atom. The van der Waals surface area contributed by atoms with Crippen LogP contribution in [0.15, 0.2) is 0 Å². The van der Waals surface area contributed by atoms with Gasteiger partial charge in [-0.25, -0.2) is 0 Å². The Labute approximate surface area is 156 Å². The number of hydrogen-bond acceptors (Lipinski definition) is 1. The van der Waals surface area contributed by atoms with Crippen molar-refractivity contribution in [2.24, 2.45) is 0 Å². The third-order valence-electron chi connectivity index (χ3n) is 4.37. The van der Waals surface area contributed by atoms with Gasteiger partial charge in [0.1, 0.15) is 0 Å². The first-order chi connectivity index (χ1) is 12.4. The molecule has 162 valence electrons. The van der Waals surface area contributed by atoms with E-state index in [0.29, 0.717) is 17.7 Å². The Hall–Kier alpha value is -1.02. The van der Waals surface area contributed by atoms with Gasteiger partial charge in [0.05, 0.1) is 0 Å². The summed E-state index contributed by atoms with van der Waals surface area (Å²) in [4.78, 5) is 12.4. The second-order valence-corrected chi connectivity index (χ2v) is 6.77. The molecule has 0 spiro atoms. The molecular formula is C18H30F7NO. The van der Waals surface area contributed by atoms with Crippen LogP contribution in [0, 0.1) is 0 Å². The molecule has 0 unspecified atom stereocenters. The lowest BCUT2D eigenvalue weighted by atomic mass is 10.1. The highest BCUT2D eigenvalue weighted by Gasteiger charge is 2.76. The zero-order valence-corrected chi connectivity index (χ0v) is 16.0. The van der Waals surface area contributed by atoms with E-state index in [-0.39, 0.29) is 25.9 Å². The number of carbonyl (C=O) groups excluding carboxylic acids is 1. The average molecular weight is 409 g/mol. The van der Waals surface area contributed by atoms with Gasteiger partial charge in [-0.1, -0.05) is 65.2 Å². The molecule has 0 fully saturated rings. The normalized spacial score (nSPS) is 13.1. The van der Waals surface area contributed by atoms with Crippen molar-refractivity contribution in [3.63, 3.8) is 0 Å². The third-order valence-corrected chi connectivity index (χ3v) is 4.37. The molecule has 0 aliphatic carbocycles. The molecule has 0 N–H and O–H groups in total. The van der Waals surface area contributed by atoms with E-state index in [0.717, 1.165) is 38.5 Å². The Morgan fingerprint density at radius 1 is 0.667 bits per heavy atom. The summed E-state index contributed by atoms with van der Waals surface area (Å²) in [5.41, 5.74) is 0. The molecule has 0 heterocycles. The number of carbonyl (C=O) groups is 1. The standard InChI is InChI=1S/C18H30F7NO/c1-3-5-7-9-11-13-26(14-12-10-8-6-4-2)15(27)16(19,20)17(21,22)18(23,24)25/h3-14H2,1-2H3. The first-order valence-corrected chi connectivity index (χ1v) is 9.55. The lowest BCUT2D eigenvalue weighted by Crippen LogP contribution is -2.60. The smallest absolute Gasteiger partial charge is 0.337 e. The van der Waals surface area contributed by atoms with Crippen LogP contribution in [0.5, 0.6) is 0 Å². The maximum Gasteiger partial charge on any atom is 0.460 e. The van der Waals surface area contributed by atoms with Gasteiger partial charge in [-0.15, -0.1) is 0 Å². The summed E-state index contributed by atoms with van der Waals surface area (Å²) in [6, 6.07) is 0. The summed E-state index contributed by atoms with van der Waals surface area (Å²) in [5.74, 6) is -14.7. The average Bonchev–Trinajstić information content (AvgIpc) is 2.57. The molecule has 27 heavy (non-hydrogen) atoms. The van der Waals surface area contributed by atoms with Crippen molar-refractivity contribution in [3.8, 4) is 0 Å². The molecule has 0 aromatic heterocycles. The van der Waals surface area contributed by atoms with Crippen molar-refractivity contribution in [2.75, 3.05) is 13.1 Å². The maximum atomic E-state index is 13.7. The number of halogens is 7. The highest BCUT2D eigenvalue weighted by atomic mass is 19.4. The van der Waals surface area contributed by atoms with Gasteiger partial charge in [0.25, 0.3) is 5.91 Å². The Bertz CT molecular complexity index is 410. The number of rotatable bonds is 14. The van der Waals surface area contributed by atoms with Crippen LogP contribution in [-0.2, 0) is 4.79 Å². The minimum atomic E-state index is -6.50. The van der Waals surface area contributed by atoms with Gasteiger partial charge >= 0.3 is 18.0 Å². The maximum absolute atomic E-state index is 13.7. The fourth-order valence-corrected chi connectivity index (χ4v) is 2.64. The van der Waals surface area contributed by atoms with Crippen molar-refractivity contribution < 1.29 is 35.5 Å². The van der Waals surface area contributed by atoms with Crippen molar-refractivity contribution in [1.82, 2.24) is 4.90 Å². The first kappa shape index (κ1) is 26.0. The van der Waals surface area contributed by atoms with Gasteiger partial charge in [-0.3, -0.25) is 4.79 Å². The minimum Gasteiger partial charge on any atom is -0.337 e. The molecule has 0 aliphatic rings. The molecule has 0 aliphatic heterocycles. The molecule has 2 nitrogen and oxygen atoms in total. The van der Waals surface area contributed by atoms with Crippen LogP contribution in [0.3, 0.4) is 0 Å². The van der Waals surface area contributed by atoms with E-state index in [9.17, 15) is 35.5 Å². The predicted molar refractivity (Wildman–Crippen MR) is 90.0 cm³/mol. The molecule has 0 saturated carbocycles. The van der Waals surface area contributed by atoms with E-state index in [2.05, 4.69) is 0 Å². The van der Waals surface area contributed by atoms with Crippen molar-refractivity contribution in [2.45, 2.75) is 96.1 Å². The summed E-state index contributed by atoms with van der Waals surface area (Å²) in [5, 5.41) is 0. The molecule has 0 rings (SSSR count). The van der Waals surface area contributed by atoms with Gasteiger partial charge in [0.15, 0.2) is 0 Å². The van der Waals surface area contributed by atoms with E-state index >= 15 is 0 Å². The van der Waals surface area contributed by atoms with Gasteiger partial charge in [0.2, 0.25) is 0 Å².